The van der Waals surface area contributed by atoms with Crippen LogP contribution in [0, 0.1) is 0 Å². The number of hydrogen-bond acceptors (Lipinski definition) is 3. The van der Waals surface area contributed by atoms with Gasteiger partial charge in [0.15, 0.2) is 0 Å². The summed E-state index contributed by atoms with van der Waals surface area (Å²) in [6.07, 6.45) is 1.96. The number of nitrogens with one attached hydrogen (secondary N) is 1. The van der Waals surface area contributed by atoms with Crippen molar-refractivity contribution < 1.29 is 4.74 Å². The average Bonchev–Trinajstić information content (AvgIpc) is 2.77. The number of aryl methyl sites for hydroxylation is 1. The smallest absolute Gasteiger partial charge is 0.0719 e. The predicted molar refractivity (Wildman–Crippen MR) is 83.0 cm³/mol. The van der Waals surface area contributed by atoms with Gasteiger partial charge in [0, 0.05) is 31.5 Å². The van der Waals surface area contributed by atoms with Crippen LogP contribution < -0.4 is 5.32 Å². The van der Waals surface area contributed by atoms with Gasteiger partial charge in [0.1, 0.15) is 0 Å². The second kappa shape index (κ2) is 7.41. The van der Waals surface area contributed by atoms with Gasteiger partial charge in [0.25, 0.3) is 0 Å². The van der Waals surface area contributed by atoms with Crippen molar-refractivity contribution in [1.29, 1.82) is 0 Å². The standard InChI is InChI=1S/C16H25N3O/c1-4-10-20-12-13(17-5-2)11-15-14-8-6-7-9-16(14)19(3)18-15/h6-9,13,17H,4-5,10-12H2,1-3H3. The molecule has 4 heteroatoms. The second-order valence-electron chi connectivity index (χ2n) is 5.12. The lowest BCUT2D eigenvalue weighted by atomic mass is 10.1. The molecule has 0 fully saturated rings. The lowest BCUT2D eigenvalue weighted by Crippen LogP contribution is -2.35. The summed E-state index contributed by atoms with van der Waals surface area (Å²) in [7, 11) is 2.00. The van der Waals surface area contributed by atoms with E-state index in [-0.39, 0.29) is 0 Å². The van der Waals surface area contributed by atoms with Crippen molar-refractivity contribution in [2.24, 2.45) is 7.05 Å². The molecule has 110 valence electrons. The van der Waals surface area contributed by atoms with Crippen LogP contribution in [-0.4, -0.2) is 35.6 Å². The van der Waals surface area contributed by atoms with Gasteiger partial charge < -0.3 is 10.1 Å². The van der Waals surface area contributed by atoms with E-state index in [0.29, 0.717) is 6.04 Å². The molecule has 0 aliphatic rings. The monoisotopic (exact) mass is 275 g/mol. The fourth-order valence-corrected chi connectivity index (χ4v) is 2.52. The minimum Gasteiger partial charge on any atom is -0.380 e. The number of rotatable bonds is 8. The molecule has 1 N–H and O–H groups in total. The normalized spacial score (nSPS) is 12.9. The third-order valence-corrected chi connectivity index (χ3v) is 3.43. The van der Waals surface area contributed by atoms with Gasteiger partial charge in [-0.3, -0.25) is 4.68 Å². The number of benzene rings is 1. The van der Waals surface area contributed by atoms with E-state index in [0.717, 1.165) is 38.3 Å². The lowest BCUT2D eigenvalue weighted by molar-refractivity contribution is 0.112. The van der Waals surface area contributed by atoms with Gasteiger partial charge >= 0.3 is 0 Å². The number of aromatic nitrogens is 2. The molecule has 2 rings (SSSR count). The van der Waals surface area contributed by atoms with Crippen molar-refractivity contribution in [1.82, 2.24) is 15.1 Å². The second-order valence-corrected chi connectivity index (χ2v) is 5.12. The highest BCUT2D eigenvalue weighted by Gasteiger charge is 2.14. The Labute approximate surface area is 121 Å². The van der Waals surface area contributed by atoms with Gasteiger partial charge in [-0.15, -0.1) is 0 Å². The first kappa shape index (κ1) is 15.0. The first-order valence-electron chi connectivity index (χ1n) is 7.48. The van der Waals surface area contributed by atoms with Crippen LogP contribution >= 0.6 is 0 Å². The highest BCUT2D eigenvalue weighted by Crippen LogP contribution is 2.18. The molecule has 0 amide bonds. The molecule has 20 heavy (non-hydrogen) atoms. The molecule has 0 aliphatic carbocycles. The molecule has 0 aliphatic heterocycles. The number of hydrogen-bond donors (Lipinski definition) is 1. The van der Waals surface area contributed by atoms with Crippen molar-refractivity contribution in [2.75, 3.05) is 19.8 Å². The Hall–Kier alpha value is -1.39. The average molecular weight is 275 g/mol. The van der Waals surface area contributed by atoms with E-state index >= 15 is 0 Å². The molecular formula is C16H25N3O. The van der Waals surface area contributed by atoms with Gasteiger partial charge in [-0.25, -0.2) is 0 Å². The molecule has 1 heterocycles. The summed E-state index contributed by atoms with van der Waals surface area (Å²) in [6.45, 7) is 6.78. The van der Waals surface area contributed by atoms with E-state index in [9.17, 15) is 0 Å². The van der Waals surface area contributed by atoms with E-state index in [4.69, 9.17) is 4.74 Å². The predicted octanol–water partition coefficient (Wildman–Crippen LogP) is 2.52. The molecule has 1 unspecified atom stereocenters. The Bertz CT molecular complexity index is 536. The van der Waals surface area contributed by atoms with E-state index in [1.165, 1.54) is 10.9 Å². The fourth-order valence-electron chi connectivity index (χ4n) is 2.52. The number of fused-ring (bicyclic) bond motifs is 1. The van der Waals surface area contributed by atoms with Crippen LogP contribution in [0.15, 0.2) is 24.3 Å². The molecule has 0 bridgehead atoms. The maximum Gasteiger partial charge on any atom is 0.0719 e. The van der Waals surface area contributed by atoms with Gasteiger partial charge in [-0.2, -0.15) is 5.10 Å². The Morgan fingerprint density at radius 3 is 2.85 bits per heavy atom. The molecule has 1 atom stereocenters. The minimum atomic E-state index is 0.324. The largest absolute Gasteiger partial charge is 0.380 e. The quantitative estimate of drug-likeness (QED) is 0.752. The highest BCUT2D eigenvalue weighted by molar-refractivity contribution is 5.81. The SMILES string of the molecule is CCCOCC(Cc1nn(C)c2ccccc12)NCC. The zero-order valence-electron chi connectivity index (χ0n) is 12.7. The third kappa shape index (κ3) is 3.58. The van der Waals surface area contributed by atoms with Gasteiger partial charge in [-0.05, 0) is 19.0 Å². The molecule has 0 radical (unpaired) electrons. The van der Waals surface area contributed by atoms with Crippen LogP contribution in [0.2, 0.25) is 0 Å². The topological polar surface area (TPSA) is 39.1 Å². The van der Waals surface area contributed by atoms with Crippen molar-refractivity contribution in [3.8, 4) is 0 Å². The molecule has 1 aromatic heterocycles. The highest BCUT2D eigenvalue weighted by atomic mass is 16.5. The Balaban J connectivity index is 2.11. The summed E-state index contributed by atoms with van der Waals surface area (Å²) in [5, 5.41) is 9.39. The van der Waals surface area contributed by atoms with Gasteiger partial charge in [0.05, 0.1) is 17.8 Å². The molecular weight excluding hydrogens is 250 g/mol. The summed E-state index contributed by atoms with van der Waals surface area (Å²) in [5.74, 6) is 0. The zero-order valence-corrected chi connectivity index (χ0v) is 12.7. The van der Waals surface area contributed by atoms with Crippen LogP contribution in [-0.2, 0) is 18.2 Å². The lowest BCUT2D eigenvalue weighted by Gasteiger charge is -2.17. The molecule has 0 saturated heterocycles. The first-order valence-corrected chi connectivity index (χ1v) is 7.48. The van der Waals surface area contributed by atoms with Gasteiger partial charge in [0.2, 0.25) is 0 Å². The van der Waals surface area contributed by atoms with Crippen LogP contribution in [0.1, 0.15) is 26.0 Å². The summed E-state index contributed by atoms with van der Waals surface area (Å²) in [5.41, 5.74) is 2.33. The van der Waals surface area contributed by atoms with E-state index in [2.05, 4.69) is 48.5 Å². The molecule has 0 saturated carbocycles. The number of nitrogens with zero attached hydrogens (tertiary/aromatic N) is 2. The van der Waals surface area contributed by atoms with Crippen LogP contribution in [0.3, 0.4) is 0 Å². The van der Waals surface area contributed by atoms with Crippen LogP contribution in [0.5, 0.6) is 0 Å². The van der Waals surface area contributed by atoms with Crippen molar-refractivity contribution >= 4 is 10.9 Å². The number of para-hydroxylation sites is 1. The van der Waals surface area contributed by atoms with Crippen molar-refractivity contribution in [3.05, 3.63) is 30.0 Å². The number of ether oxygens (including phenoxy) is 1. The minimum absolute atomic E-state index is 0.324. The first-order chi connectivity index (χ1) is 9.76. The Morgan fingerprint density at radius 2 is 2.10 bits per heavy atom. The Morgan fingerprint density at radius 1 is 1.30 bits per heavy atom. The molecule has 1 aromatic carbocycles. The molecule has 2 aromatic rings. The summed E-state index contributed by atoms with van der Waals surface area (Å²) in [6, 6.07) is 8.71. The summed E-state index contributed by atoms with van der Waals surface area (Å²) >= 11 is 0. The molecule has 4 nitrogen and oxygen atoms in total. The van der Waals surface area contributed by atoms with E-state index < -0.39 is 0 Å². The molecule has 0 spiro atoms. The summed E-state index contributed by atoms with van der Waals surface area (Å²) in [4.78, 5) is 0. The Kier molecular flexibility index (Phi) is 5.56. The number of likely N-dealkylation sites (N-methyl/N-ethyl adjacent to an activating group) is 1. The van der Waals surface area contributed by atoms with E-state index in [1.807, 2.05) is 11.7 Å². The van der Waals surface area contributed by atoms with Crippen LogP contribution in [0.4, 0.5) is 0 Å². The maximum atomic E-state index is 5.69. The summed E-state index contributed by atoms with van der Waals surface area (Å²) < 4.78 is 7.65. The van der Waals surface area contributed by atoms with Crippen LogP contribution in [0.25, 0.3) is 10.9 Å². The maximum absolute atomic E-state index is 5.69. The zero-order chi connectivity index (χ0) is 14.4. The van der Waals surface area contributed by atoms with E-state index in [1.54, 1.807) is 0 Å². The van der Waals surface area contributed by atoms with Crippen molar-refractivity contribution in [2.45, 2.75) is 32.7 Å². The van der Waals surface area contributed by atoms with Crippen molar-refractivity contribution in [3.63, 3.8) is 0 Å². The fraction of sp³-hybridized carbons (Fsp3) is 0.562. The third-order valence-electron chi connectivity index (χ3n) is 3.43. The van der Waals surface area contributed by atoms with Gasteiger partial charge in [-0.1, -0.05) is 32.0 Å².